The Labute approximate surface area is 119 Å². The predicted molar refractivity (Wildman–Crippen MR) is 79.0 cm³/mol. The van der Waals surface area contributed by atoms with Gasteiger partial charge >= 0.3 is 0 Å². The molecule has 0 spiro atoms. The van der Waals surface area contributed by atoms with Crippen molar-refractivity contribution >= 4 is 17.6 Å². The molecule has 0 radical (unpaired) electrons. The van der Waals surface area contributed by atoms with Crippen LogP contribution in [0.1, 0.15) is 13.3 Å². The van der Waals surface area contributed by atoms with Crippen molar-refractivity contribution in [3.05, 3.63) is 6.07 Å². The van der Waals surface area contributed by atoms with Gasteiger partial charge < -0.3 is 25.4 Å². The van der Waals surface area contributed by atoms with Crippen LogP contribution in [0.3, 0.4) is 0 Å². The third kappa shape index (κ3) is 3.29. The van der Waals surface area contributed by atoms with E-state index in [4.69, 9.17) is 15.2 Å². The molecule has 2 atom stereocenters. The fourth-order valence-corrected chi connectivity index (χ4v) is 2.34. The van der Waals surface area contributed by atoms with E-state index in [1.807, 2.05) is 6.07 Å². The highest BCUT2D eigenvalue weighted by Gasteiger charge is 2.33. The average molecular weight is 281 g/mol. The monoisotopic (exact) mass is 281 g/mol. The van der Waals surface area contributed by atoms with Crippen LogP contribution < -0.4 is 16.0 Å². The largest absolute Gasteiger partial charge is 0.377 e. The predicted octanol–water partition coefficient (Wildman–Crippen LogP) is 0.731. The Balaban J connectivity index is 2.14. The SMILES string of the molecule is CCCNc1cc(N2CC(OC)C(OC)C2)nc(N)n1. The Bertz CT molecular complexity index is 431. The molecule has 0 saturated carbocycles. The summed E-state index contributed by atoms with van der Waals surface area (Å²) in [6, 6.07) is 1.91. The maximum Gasteiger partial charge on any atom is 0.223 e. The van der Waals surface area contributed by atoms with Crippen LogP contribution in [0.4, 0.5) is 17.6 Å². The van der Waals surface area contributed by atoms with Gasteiger partial charge in [0, 0.05) is 39.9 Å². The molecule has 2 heterocycles. The van der Waals surface area contributed by atoms with Gasteiger partial charge in [-0.05, 0) is 6.42 Å². The average Bonchev–Trinajstić information content (AvgIpc) is 2.88. The molecule has 3 N–H and O–H groups in total. The van der Waals surface area contributed by atoms with Crippen molar-refractivity contribution in [2.75, 3.05) is 49.8 Å². The van der Waals surface area contributed by atoms with Crippen LogP contribution in [0.2, 0.25) is 0 Å². The van der Waals surface area contributed by atoms with Crippen LogP contribution in [-0.2, 0) is 9.47 Å². The Morgan fingerprint density at radius 3 is 2.50 bits per heavy atom. The minimum atomic E-state index is 0.0447. The topological polar surface area (TPSA) is 85.5 Å². The number of aromatic nitrogens is 2. The molecular formula is C13H23N5O2. The first kappa shape index (κ1) is 14.8. The van der Waals surface area contributed by atoms with Gasteiger partial charge in [0.05, 0.1) is 0 Å². The van der Waals surface area contributed by atoms with Gasteiger partial charge in [0.1, 0.15) is 23.8 Å². The van der Waals surface area contributed by atoms with E-state index in [-0.39, 0.29) is 18.2 Å². The number of hydrogen-bond donors (Lipinski definition) is 2. The molecule has 1 fully saturated rings. The number of methoxy groups -OCH3 is 2. The van der Waals surface area contributed by atoms with E-state index in [1.54, 1.807) is 14.2 Å². The summed E-state index contributed by atoms with van der Waals surface area (Å²) >= 11 is 0. The summed E-state index contributed by atoms with van der Waals surface area (Å²) in [5.74, 6) is 1.83. The quantitative estimate of drug-likeness (QED) is 0.795. The zero-order valence-electron chi connectivity index (χ0n) is 12.3. The minimum absolute atomic E-state index is 0.0447. The first-order valence-electron chi connectivity index (χ1n) is 6.86. The van der Waals surface area contributed by atoms with E-state index in [9.17, 15) is 0 Å². The Hall–Kier alpha value is -1.60. The van der Waals surface area contributed by atoms with E-state index in [0.29, 0.717) is 0 Å². The van der Waals surface area contributed by atoms with Gasteiger partial charge in [0.15, 0.2) is 0 Å². The van der Waals surface area contributed by atoms with Crippen molar-refractivity contribution in [1.29, 1.82) is 0 Å². The molecule has 7 heteroatoms. The van der Waals surface area contributed by atoms with Crippen molar-refractivity contribution in [3.8, 4) is 0 Å². The highest BCUT2D eigenvalue weighted by atomic mass is 16.5. The number of nitrogens with one attached hydrogen (secondary N) is 1. The van der Waals surface area contributed by atoms with E-state index in [1.165, 1.54) is 0 Å². The van der Waals surface area contributed by atoms with Crippen LogP contribution in [-0.4, -0.2) is 56.0 Å². The number of rotatable bonds is 6. The number of nitrogen functional groups attached to an aromatic ring is 1. The van der Waals surface area contributed by atoms with E-state index < -0.39 is 0 Å². The summed E-state index contributed by atoms with van der Waals surface area (Å²) in [5.41, 5.74) is 5.78. The lowest BCUT2D eigenvalue weighted by Gasteiger charge is -2.18. The summed E-state index contributed by atoms with van der Waals surface area (Å²) in [6.45, 7) is 4.43. The summed E-state index contributed by atoms with van der Waals surface area (Å²) in [6.07, 6.45) is 1.12. The molecule has 2 rings (SSSR count). The second-order valence-corrected chi connectivity index (χ2v) is 4.85. The molecule has 2 unspecified atom stereocenters. The number of ether oxygens (including phenoxy) is 2. The molecule has 1 saturated heterocycles. The number of hydrogen-bond acceptors (Lipinski definition) is 7. The molecule has 1 aromatic heterocycles. The smallest absolute Gasteiger partial charge is 0.223 e. The lowest BCUT2D eigenvalue weighted by atomic mass is 10.3. The van der Waals surface area contributed by atoms with E-state index in [2.05, 4.69) is 27.1 Å². The van der Waals surface area contributed by atoms with Crippen LogP contribution in [0.5, 0.6) is 0 Å². The second kappa shape index (κ2) is 6.71. The van der Waals surface area contributed by atoms with Crippen LogP contribution in [0, 0.1) is 0 Å². The Morgan fingerprint density at radius 1 is 1.30 bits per heavy atom. The fraction of sp³-hybridized carbons (Fsp3) is 0.692. The number of anilines is 3. The summed E-state index contributed by atoms with van der Waals surface area (Å²) in [7, 11) is 3.39. The molecule has 0 bridgehead atoms. The second-order valence-electron chi connectivity index (χ2n) is 4.85. The summed E-state index contributed by atoms with van der Waals surface area (Å²) in [4.78, 5) is 10.6. The van der Waals surface area contributed by atoms with Crippen LogP contribution in [0.15, 0.2) is 6.07 Å². The zero-order chi connectivity index (χ0) is 14.5. The molecule has 20 heavy (non-hydrogen) atoms. The van der Waals surface area contributed by atoms with Crippen molar-refractivity contribution in [1.82, 2.24) is 9.97 Å². The molecule has 7 nitrogen and oxygen atoms in total. The van der Waals surface area contributed by atoms with Gasteiger partial charge in [-0.2, -0.15) is 9.97 Å². The van der Waals surface area contributed by atoms with Crippen LogP contribution >= 0.6 is 0 Å². The van der Waals surface area contributed by atoms with E-state index in [0.717, 1.165) is 37.7 Å². The standard InChI is InChI=1S/C13H23N5O2/c1-4-5-15-11-6-12(17-13(14)16-11)18-7-9(19-2)10(8-18)20-3/h6,9-10H,4-5,7-8H2,1-3H3,(H3,14,15,16,17). The molecule has 1 aliphatic rings. The van der Waals surface area contributed by atoms with Gasteiger partial charge in [0.2, 0.25) is 5.95 Å². The van der Waals surface area contributed by atoms with Crippen LogP contribution in [0.25, 0.3) is 0 Å². The lowest BCUT2D eigenvalue weighted by Crippen LogP contribution is -2.27. The summed E-state index contributed by atoms with van der Waals surface area (Å²) in [5, 5.41) is 3.23. The molecular weight excluding hydrogens is 258 g/mol. The molecule has 0 aromatic carbocycles. The van der Waals surface area contributed by atoms with Crippen molar-refractivity contribution in [2.24, 2.45) is 0 Å². The van der Waals surface area contributed by atoms with Gasteiger partial charge in [-0.25, -0.2) is 0 Å². The van der Waals surface area contributed by atoms with Crippen molar-refractivity contribution in [2.45, 2.75) is 25.6 Å². The first-order chi connectivity index (χ1) is 9.67. The normalized spacial score (nSPS) is 22.2. The van der Waals surface area contributed by atoms with E-state index >= 15 is 0 Å². The highest BCUT2D eigenvalue weighted by Crippen LogP contribution is 2.24. The highest BCUT2D eigenvalue weighted by molar-refractivity contribution is 5.53. The lowest BCUT2D eigenvalue weighted by molar-refractivity contribution is -0.00461. The van der Waals surface area contributed by atoms with Gasteiger partial charge in [-0.1, -0.05) is 6.92 Å². The third-order valence-electron chi connectivity index (χ3n) is 3.43. The Kier molecular flexibility index (Phi) is 4.97. The van der Waals surface area contributed by atoms with Gasteiger partial charge in [0.25, 0.3) is 0 Å². The maximum atomic E-state index is 5.78. The van der Waals surface area contributed by atoms with Gasteiger partial charge in [-0.3, -0.25) is 0 Å². The number of nitrogens with zero attached hydrogens (tertiary/aromatic N) is 3. The number of nitrogens with two attached hydrogens (primary N) is 1. The third-order valence-corrected chi connectivity index (χ3v) is 3.43. The zero-order valence-corrected chi connectivity index (χ0v) is 12.3. The maximum absolute atomic E-state index is 5.78. The van der Waals surface area contributed by atoms with Crippen molar-refractivity contribution in [3.63, 3.8) is 0 Å². The molecule has 0 amide bonds. The van der Waals surface area contributed by atoms with Gasteiger partial charge in [-0.15, -0.1) is 0 Å². The molecule has 1 aliphatic heterocycles. The molecule has 112 valence electrons. The minimum Gasteiger partial charge on any atom is -0.377 e. The molecule has 1 aromatic rings. The Morgan fingerprint density at radius 2 is 1.95 bits per heavy atom. The fourth-order valence-electron chi connectivity index (χ4n) is 2.34. The summed E-state index contributed by atoms with van der Waals surface area (Å²) < 4.78 is 10.9. The van der Waals surface area contributed by atoms with Crippen molar-refractivity contribution < 1.29 is 9.47 Å². The molecule has 0 aliphatic carbocycles. The first-order valence-corrected chi connectivity index (χ1v) is 6.86.